The minimum Gasteiger partial charge on any atom is -0.495 e. The van der Waals surface area contributed by atoms with Gasteiger partial charge in [0, 0.05) is 13.7 Å². The van der Waals surface area contributed by atoms with Crippen molar-refractivity contribution in [2.24, 2.45) is 0 Å². The number of benzene rings is 1. The molecule has 0 saturated heterocycles. The minimum absolute atomic E-state index is 0.00454. The van der Waals surface area contributed by atoms with Crippen LogP contribution in [0, 0.1) is 0 Å². The number of para-hydroxylation sites is 2. The predicted octanol–water partition coefficient (Wildman–Crippen LogP) is 2.57. The van der Waals surface area contributed by atoms with Crippen LogP contribution in [0.5, 0.6) is 5.75 Å². The van der Waals surface area contributed by atoms with E-state index in [9.17, 15) is 9.59 Å². The Balaban J connectivity index is 1.79. The van der Waals surface area contributed by atoms with Gasteiger partial charge in [0.2, 0.25) is 5.91 Å². The topological polar surface area (TPSA) is 107 Å². The molecule has 0 radical (unpaired) electrons. The van der Waals surface area contributed by atoms with E-state index in [1.165, 1.54) is 30.2 Å². The van der Waals surface area contributed by atoms with Gasteiger partial charge in [-0.15, -0.1) is 21.5 Å². The van der Waals surface area contributed by atoms with E-state index in [2.05, 4.69) is 20.8 Å². The molecule has 2 N–H and O–H groups in total. The fraction of sp³-hybridized carbons (Fsp3) is 0.263. The number of methoxy groups -OCH3 is 2. The Hall–Kier alpha value is -2.89. The third-order valence-electron chi connectivity index (χ3n) is 3.88. The molecule has 158 valence electrons. The summed E-state index contributed by atoms with van der Waals surface area (Å²) in [7, 11) is 3.13. The summed E-state index contributed by atoms with van der Waals surface area (Å²) in [5.41, 5.74) is 0.758. The maximum Gasteiger partial charge on any atom is 0.321 e. The van der Waals surface area contributed by atoms with Crippen molar-refractivity contribution in [3.05, 3.63) is 41.8 Å². The average Bonchev–Trinajstić information content (AvgIpc) is 3.42. The van der Waals surface area contributed by atoms with Crippen LogP contribution in [-0.2, 0) is 9.53 Å². The number of hydrogen-bond donors (Lipinski definition) is 2. The molecular weight excluding hydrogens is 426 g/mol. The van der Waals surface area contributed by atoms with Crippen molar-refractivity contribution < 1.29 is 19.1 Å². The molecule has 3 rings (SSSR count). The van der Waals surface area contributed by atoms with Crippen LogP contribution < -0.4 is 15.4 Å². The monoisotopic (exact) mass is 447 g/mol. The van der Waals surface area contributed by atoms with Gasteiger partial charge in [0.05, 0.1) is 30.0 Å². The average molecular weight is 448 g/mol. The van der Waals surface area contributed by atoms with Crippen LogP contribution in [0.2, 0.25) is 0 Å². The molecule has 0 atom stereocenters. The van der Waals surface area contributed by atoms with Crippen LogP contribution >= 0.6 is 23.1 Å². The zero-order valence-corrected chi connectivity index (χ0v) is 18.1. The fourth-order valence-corrected chi connectivity index (χ4v) is 4.01. The van der Waals surface area contributed by atoms with Crippen LogP contribution in [0.15, 0.2) is 46.9 Å². The van der Waals surface area contributed by atoms with Crippen LogP contribution in [0.4, 0.5) is 4.79 Å². The molecule has 0 aliphatic carbocycles. The molecule has 0 fully saturated rings. The number of nitrogens with zero attached hydrogens (tertiary/aromatic N) is 3. The summed E-state index contributed by atoms with van der Waals surface area (Å²) < 4.78 is 12.2. The van der Waals surface area contributed by atoms with E-state index in [4.69, 9.17) is 9.47 Å². The molecule has 9 nitrogen and oxygen atoms in total. The van der Waals surface area contributed by atoms with Crippen molar-refractivity contribution in [3.63, 3.8) is 0 Å². The molecule has 0 saturated carbocycles. The summed E-state index contributed by atoms with van der Waals surface area (Å²) in [4.78, 5) is 24.8. The van der Waals surface area contributed by atoms with Crippen molar-refractivity contribution in [2.75, 3.05) is 33.1 Å². The molecule has 3 aromatic rings. The van der Waals surface area contributed by atoms with Gasteiger partial charge >= 0.3 is 6.03 Å². The van der Waals surface area contributed by atoms with Gasteiger partial charge in [-0.1, -0.05) is 30.0 Å². The first-order valence-corrected chi connectivity index (χ1v) is 10.8. The van der Waals surface area contributed by atoms with Gasteiger partial charge in [-0.3, -0.25) is 14.7 Å². The SMILES string of the molecule is COCCNC(=O)NC(=O)CSc1nnc(-c2cccs2)n1-c1ccccc1OC. The highest BCUT2D eigenvalue weighted by molar-refractivity contribution is 7.99. The second-order valence-corrected chi connectivity index (χ2v) is 7.77. The van der Waals surface area contributed by atoms with E-state index in [0.717, 1.165) is 10.6 Å². The number of hydrogen-bond acceptors (Lipinski definition) is 8. The third-order valence-corrected chi connectivity index (χ3v) is 5.67. The van der Waals surface area contributed by atoms with E-state index in [1.54, 1.807) is 7.11 Å². The molecule has 0 unspecified atom stereocenters. The zero-order chi connectivity index (χ0) is 21.3. The first kappa shape index (κ1) is 21.8. The lowest BCUT2D eigenvalue weighted by atomic mass is 10.3. The third kappa shape index (κ3) is 5.38. The van der Waals surface area contributed by atoms with E-state index in [-0.39, 0.29) is 5.75 Å². The second-order valence-electron chi connectivity index (χ2n) is 5.88. The number of ether oxygens (including phenoxy) is 2. The standard InChI is InChI=1S/C19H21N5O4S2/c1-27-10-9-20-18(26)21-16(25)12-30-19-23-22-17(15-8-5-11-29-15)24(19)13-6-3-4-7-14(13)28-2/h3-8,11H,9-10,12H2,1-2H3,(H2,20,21,25,26). The van der Waals surface area contributed by atoms with Gasteiger partial charge in [0.1, 0.15) is 5.75 Å². The summed E-state index contributed by atoms with van der Waals surface area (Å²) >= 11 is 2.72. The summed E-state index contributed by atoms with van der Waals surface area (Å²) in [6, 6.07) is 10.8. The Morgan fingerprint density at radius 3 is 2.73 bits per heavy atom. The Morgan fingerprint density at radius 1 is 1.17 bits per heavy atom. The number of rotatable bonds is 9. The number of imide groups is 1. The van der Waals surface area contributed by atoms with Crippen molar-refractivity contribution >= 4 is 35.0 Å². The van der Waals surface area contributed by atoms with Crippen LogP contribution in [0.1, 0.15) is 0 Å². The minimum atomic E-state index is -0.567. The molecular formula is C19H21N5O4S2. The number of urea groups is 1. The highest BCUT2D eigenvalue weighted by Gasteiger charge is 2.20. The predicted molar refractivity (Wildman–Crippen MR) is 115 cm³/mol. The first-order chi connectivity index (χ1) is 14.6. The van der Waals surface area contributed by atoms with Gasteiger partial charge in [-0.25, -0.2) is 4.79 Å². The lowest BCUT2D eigenvalue weighted by Gasteiger charge is -2.13. The van der Waals surface area contributed by atoms with Gasteiger partial charge < -0.3 is 14.8 Å². The lowest BCUT2D eigenvalue weighted by molar-refractivity contribution is -0.117. The van der Waals surface area contributed by atoms with Crippen LogP contribution in [0.25, 0.3) is 16.4 Å². The molecule has 0 aliphatic heterocycles. The quantitative estimate of drug-likeness (QED) is 0.383. The van der Waals surface area contributed by atoms with Crippen molar-refractivity contribution in [2.45, 2.75) is 5.16 Å². The molecule has 0 bridgehead atoms. The van der Waals surface area contributed by atoms with Crippen molar-refractivity contribution in [3.8, 4) is 22.1 Å². The number of aromatic nitrogens is 3. The fourth-order valence-electron chi connectivity index (χ4n) is 2.56. The second kappa shape index (κ2) is 10.8. The summed E-state index contributed by atoms with van der Waals surface area (Å²) in [5, 5.41) is 15.9. The smallest absolute Gasteiger partial charge is 0.321 e. The van der Waals surface area contributed by atoms with Gasteiger partial charge in [0.25, 0.3) is 0 Å². The number of thioether (sulfide) groups is 1. The van der Waals surface area contributed by atoms with Crippen LogP contribution in [-0.4, -0.2) is 59.8 Å². The van der Waals surface area contributed by atoms with Crippen molar-refractivity contribution in [1.29, 1.82) is 0 Å². The van der Waals surface area contributed by atoms with Gasteiger partial charge in [-0.05, 0) is 23.6 Å². The Morgan fingerprint density at radius 2 is 2.00 bits per heavy atom. The largest absolute Gasteiger partial charge is 0.495 e. The van der Waals surface area contributed by atoms with E-state index in [1.807, 2.05) is 46.3 Å². The van der Waals surface area contributed by atoms with Crippen molar-refractivity contribution in [1.82, 2.24) is 25.4 Å². The highest BCUT2D eigenvalue weighted by atomic mass is 32.2. The number of carbonyl (C=O) groups excluding carboxylic acids is 2. The zero-order valence-electron chi connectivity index (χ0n) is 16.5. The summed E-state index contributed by atoms with van der Waals surface area (Å²) in [6.45, 7) is 0.679. The maximum atomic E-state index is 12.2. The summed E-state index contributed by atoms with van der Waals surface area (Å²) in [5.74, 6) is 0.853. The molecule has 11 heteroatoms. The molecule has 2 aromatic heterocycles. The summed E-state index contributed by atoms with van der Waals surface area (Å²) in [6.07, 6.45) is 0. The molecule has 0 aliphatic rings. The highest BCUT2D eigenvalue weighted by Crippen LogP contribution is 2.33. The van der Waals surface area contributed by atoms with Crippen LogP contribution in [0.3, 0.4) is 0 Å². The van der Waals surface area contributed by atoms with E-state index in [0.29, 0.717) is 29.9 Å². The van der Waals surface area contributed by atoms with Gasteiger partial charge in [-0.2, -0.15) is 0 Å². The Kier molecular flexibility index (Phi) is 7.82. The molecule has 30 heavy (non-hydrogen) atoms. The van der Waals surface area contributed by atoms with E-state index >= 15 is 0 Å². The Bertz CT molecular complexity index is 991. The van der Waals surface area contributed by atoms with E-state index < -0.39 is 11.9 Å². The normalized spacial score (nSPS) is 10.6. The first-order valence-electron chi connectivity index (χ1n) is 8.96. The molecule has 3 amide bonds. The molecule has 0 spiro atoms. The number of carbonyl (C=O) groups is 2. The number of amides is 3. The lowest BCUT2D eigenvalue weighted by Crippen LogP contribution is -2.41. The maximum absolute atomic E-state index is 12.2. The molecule has 2 heterocycles. The van der Waals surface area contributed by atoms with Gasteiger partial charge in [0.15, 0.2) is 11.0 Å². The Labute approximate surface area is 181 Å². The number of thiophene rings is 1. The number of nitrogens with one attached hydrogen (secondary N) is 2. The molecule has 1 aromatic carbocycles.